The zero-order valence-electron chi connectivity index (χ0n) is 25.7. The van der Waals surface area contributed by atoms with Gasteiger partial charge >= 0.3 is 12.0 Å². The first-order valence-corrected chi connectivity index (χ1v) is 16.9. The van der Waals surface area contributed by atoms with Crippen molar-refractivity contribution < 1.29 is 24.5 Å². The van der Waals surface area contributed by atoms with Crippen molar-refractivity contribution >= 4 is 67.7 Å². The number of nitrogens with one attached hydrogen (secondary N) is 2. The highest BCUT2D eigenvalue weighted by Gasteiger charge is 2.22. The molecule has 4 N–H and O–H groups in total. The number of carboxylic acid groups (broad SMARTS) is 1. The van der Waals surface area contributed by atoms with Crippen LogP contribution in [-0.2, 0) is 22.5 Å². The number of carbonyl (C=O) groups is 2. The Kier molecular flexibility index (Phi) is 9.04. The van der Waals surface area contributed by atoms with Crippen LogP contribution in [0.2, 0.25) is 5.02 Å². The molecule has 0 bridgehead atoms. The first kappa shape index (κ1) is 32.2. The van der Waals surface area contributed by atoms with Gasteiger partial charge in [0.15, 0.2) is 4.96 Å². The van der Waals surface area contributed by atoms with Crippen LogP contribution >= 0.6 is 34.7 Å². The number of ether oxygens (including phenoxy) is 1. The molecule has 0 spiro atoms. The lowest BCUT2D eigenvalue weighted by Gasteiger charge is -2.14. The third-order valence-electron chi connectivity index (χ3n) is 7.19. The van der Waals surface area contributed by atoms with Gasteiger partial charge in [0, 0.05) is 35.4 Å². The summed E-state index contributed by atoms with van der Waals surface area (Å²) in [4.78, 5) is 29.4. The second kappa shape index (κ2) is 13.2. The Labute approximate surface area is 283 Å². The summed E-state index contributed by atoms with van der Waals surface area (Å²) >= 11 is 9.01. The first-order chi connectivity index (χ1) is 22.5. The molecule has 0 unspecified atom stereocenters. The van der Waals surface area contributed by atoms with E-state index in [9.17, 15) is 14.7 Å². The fourth-order valence-electron chi connectivity index (χ4n) is 4.84. The summed E-state index contributed by atoms with van der Waals surface area (Å²) in [5.74, 6) is 1.35. The maximum absolute atomic E-state index is 13.1. The number of carbonyl (C=O) groups excluding carboxylic acids is 1. The highest BCUT2D eigenvalue weighted by molar-refractivity contribution is 7.99. The molecule has 0 saturated heterocycles. The number of rotatable bonds is 10. The van der Waals surface area contributed by atoms with Crippen LogP contribution in [0.15, 0.2) is 72.9 Å². The summed E-state index contributed by atoms with van der Waals surface area (Å²) in [6.45, 7) is 6.28. The minimum atomic E-state index is -0.845. The lowest BCUT2D eigenvalue weighted by atomic mass is 9.92. The molecule has 0 saturated carbocycles. The molecule has 0 aliphatic carbocycles. The predicted molar refractivity (Wildman–Crippen MR) is 186 cm³/mol. The van der Waals surface area contributed by atoms with Gasteiger partial charge in [-0.15, -0.1) is 11.8 Å². The molecule has 0 atom stereocenters. The van der Waals surface area contributed by atoms with E-state index in [0.717, 1.165) is 32.1 Å². The van der Waals surface area contributed by atoms with Crippen molar-refractivity contribution in [3.63, 3.8) is 0 Å². The molecule has 0 aliphatic heterocycles. The molecule has 0 fully saturated rings. The van der Waals surface area contributed by atoms with E-state index in [-0.39, 0.29) is 28.5 Å². The van der Waals surface area contributed by atoms with Crippen LogP contribution in [0.25, 0.3) is 20.9 Å². The van der Waals surface area contributed by atoms with Crippen molar-refractivity contribution in [3.05, 3.63) is 94.9 Å². The number of carboxylic acids is 1. The molecule has 3 aromatic heterocycles. The normalized spacial score (nSPS) is 11.7. The van der Waals surface area contributed by atoms with Gasteiger partial charge in [0.25, 0.3) is 0 Å². The number of aromatic nitrogens is 4. The fraction of sp³-hybridized carbons (Fsp3) is 0.212. The Balaban J connectivity index is 1.16. The Bertz CT molecular complexity index is 2120. The number of thioether (sulfide) groups is 1. The van der Waals surface area contributed by atoms with Gasteiger partial charge in [-0.25, -0.2) is 14.5 Å². The maximum atomic E-state index is 13.1. The SMILES string of the molecule is CC(C)(C)c1cc(NC(=O)NCc2ccccc2Oc2ccc3c(c2)sc2ncc(CSCC(=O)O)n23)n(-c2ccc(O)c(Cl)c2)n1. The summed E-state index contributed by atoms with van der Waals surface area (Å²) in [6.07, 6.45) is 1.78. The number of aromatic hydroxyl groups is 1. The van der Waals surface area contributed by atoms with Crippen molar-refractivity contribution in [2.24, 2.45) is 0 Å². The van der Waals surface area contributed by atoms with Gasteiger partial charge in [0.2, 0.25) is 0 Å². The highest BCUT2D eigenvalue weighted by atomic mass is 35.5. The number of imidazole rings is 1. The second-order valence-corrected chi connectivity index (χ2v) is 14.1. The Morgan fingerprint density at radius 3 is 2.66 bits per heavy atom. The van der Waals surface area contributed by atoms with Crippen molar-refractivity contribution in [1.82, 2.24) is 24.5 Å². The van der Waals surface area contributed by atoms with E-state index in [1.54, 1.807) is 23.0 Å². The minimum Gasteiger partial charge on any atom is -0.506 e. The number of nitrogens with zero attached hydrogens (tertiary/aromatic N) is 4. The number of aliphatic carboxylic acids is 1. The van der Waals surface area contributed by atoms with Crippen molar-refractivity contribution in [2.75, 3.05) is 11.1 Å². The van der Waals surface area contributed by atoms with Crippen LogP contribution in [-0.4, -0.2) is 47.1 Å². The van der Waals surface area contributed by atoms with E-state index >= 15 is 0 Å². The van der Waals surface area contributed by atoms with E-state index in [0.29, 0.717) is 28.8 Å². The largest absolute Gasteiger partial charge is 0.506 e. The van der Waals surface area contributed by atoms with E-state index in [2.05, 4.69) is 15.6 Å². The zero-order valence-corrected chi connectivity index (χ0v) is 28.0. The number of thiazole rings is 1. The van der Waals surface area contributed by atoms with Crippen molar-refractivity contribution in [1.29, 1.82) is 0 Å². The average molecular weight is 691 g/mol. The van der Waals surface area contributed by atoms with Gasteiger partial charge in [0.05, 0.1) is 44.3 Å². The van der Waals surface area contributed by atoms with Crippen LogP contribution < -0.4 is 15.4 Å². The Morgan fingerprint density at radius 2 is 1.89 bits per heavy atom. The molecule has 14 heteroatoms. The van der Waals surface area contributed by atoms with Gasteiger partial charge < -0.3 is 20.3 Å². The molecular formula is C33H31ClN6O5S2. The molecule has 11 nitrogen and oxygen atoms in total. The molecule has 3 heterocycles. The van der Waals surface area contributed by atoms with Crippen molar-refractivity contribution in [2.45, 2.75) is 38.5 Å². The van der Waals surface area contributed by atoms with Crippen LogP contribution in [0, 0.1) is 0 Å². The number of benzene rings is 3. The van der Waals surface area contributed by atoms with Gasteiger partial charge in [0.1, 0.15) is 23.1 Å². The fourth-order valence-corrected chi connectivity index (χ4v) is 6.75. The lowest BCUT2D eigenvalue weighted by molar-refractivity contribution is -0.133. The third kappa shape index (κ3) is 7.17. The minimum absolute atomic E-state index is 0.0290. The topological polar surface area (TPSA) is 143 Å². The number of phenols is 1. The monoisotopic (exact) mass is 690 g/mol. The lowest BCUT2D eigenvalue weighted by Crippen LogP contribution is -2.29. The summed E-state index contributed by atoms with van der Waals surface area (Å²) in [7, 11) is 0. The number of fused-ring (bicyclic) bond motifs is 3. The average Bonchev–Trinajstić information content (AvgIpc) is 3.72. The first-order valence-electron chi connectivity index (χ1n) is 14.5. The number of phenolic OH excluding ortho intramolecular Hbond substituents is 1. The van der Waals surface area contributed by atoms with Crippen molar-refractivity contribution in [3.8, 4) is 22.9 Å². The van der Waals surface area contributed by atoms with Gasteiger partial charge in [-0.3, -0.25) is 14.5 Å². The quantitative estimate of drug-likeness (QED) is 0.114. The van der Waals surface area contributed by atoms with E-state index in [4.69, 9.17) is 26.5 Å². The van der Waals surface area contributed by atoms with Crippen LogP contribution in [0.5, 0.6) is 17.2 Å². The number of hydrogen-bond acceptors (Lipinski definition) is 8. The smallest absolute Gasteiger partial charge is 0.320 e. The molecule has 3 aromatic carbocycles. The predicted octanol–water partition coefficient (Wildman–Crippen LogP) is 7.82. The number of urea groups is 1. The number of halogens is 1. The molecule has 6 rings (SSSR count). The van der Waals surface area contributed by atoms with Crippen LogP contribution in [0.4, 0.5) is 10.6 Å². The highest BCUT2D eigenvalue weighted by Crippen LogP contribution is 2.34. The molecular weight excluding hydrogens is 660 g/mol. The van der Waals surface area contributed by atoms with Crippen LogP contribution in [0.1, 0.15) is 37.7 Å². The Hall–Kier alpha value is -4.72. The van der Waals surface area contributed by atoms with Crippen LogP contribution in [0.3, 0.4) is 0 Å². The van der Waals surface area contributed by atoms with E-state index in [1.165, 1.54) is 29.2 Å². The number of hydrogen-bond donors (Lipinski definition) is 4. The molecule has 6 aromatic rings. The van der Waals surface area contributed by atoms with Gasteiger partial charge in [-0.05, 0) is 36.4 Å². The number of para-hydroxylation sites is 1. The number of amides is 2. The summed E-state index contributed by atoms with van der Waals surface area (Å²) in [5, 5.41) is 29.5. The molecule has 47 heavy (non-hydrogen) atoms. The number of anilines is 1. The summed E-state index contributed by atoms with van der Waals surface area (Å²) < 4.78 is 10.9. The Morgan fingerprint density at radius 1 is 1.09 bits per heavy atom. The molecule has 0 aliphatic rings. The zero-order chi connectivity index (χ0) is 33.3. The maximum Gasteiger partial charge on any atom is 0.320 e. The summed E-state index contributed by atoms with van der Waals surface area (Å²) in [5.41, 5.74) is 3.74. The summed E-state index contributed by atoms with van der Waals surface area (Å²) in [6, 6.07) is 19.4. The van der Waals surface area contributed by atoms with Gasteiger partial charge in [-0.2, -0.15) is 5.10 Å². The molecule has 242 valence electrons. The van der Waals surface area contributed by atoms with Gasteiger partial charge in [-0.1, -0.05) is 61.9 Å². The molecule has 0 radical (unpaired) electrons. The third-order valence-corrected chi connectivity index (χ3v) is 9.46. The second-order valence-electron chi connectivity index (χ2n) is 11.7. The molecule has 2 amide bonds. The van der Waals surface area contributed by atoms with E-state index in [1.807, 2.05) is 73.7 Å². The van der Waals surface area contributed by atoms with E-state index < -0.39 is 12.0 Å². The standard InChI is InChI=1S/C33H31ClN6O5S2/c1-33(2,3)28-14-29(40(38-28)20-8-11-25(41)23(34)12-20)37-31(44)35-15-19-6-4-5-7-26(19)45-22-9-10-24-27(13-22)47-32-36-16-21(39(24)32)17-46-18-30(42)43/h4-14,16,41H,15,17-18H2,1-3H3,(H,42,43)(H2,35,37,44).